The summed E-state index contributed by atoms with van der Waals surface area (Å²) < 4.78 is 5.77. The third-order valence-corrected chi connectivity index (χ3v) is 5.26. The van der Waals surface area contributed by atoms with Gasteiger partial charge in [-0.05, 0) is 60.4 Å². The number of benzene rings is 1. The van der Waals surface area contributed by atoms with Gasteiger partial charge >= 0.3 is 5.91 Å². The highest BCUT2D eigenvalue weighted by Crippen LogP contribution is 2.36. The van der Waals surface area contributed by atoms with Crippen molar-refractivity contribution < 1.29 is 14.3 Å². The first kappa shape index (κ1) is 22.6. The highest BCUT2D eigenvalue weighted by molar-refractivity contribution is 6.32. The Morgan fingerprint density at radius 1 is 1.35 bits per heavy atom. The Hall–Kier alpha value is -3.04. The van der Waals surface area contributed by atoms with Gasteiger partial charge in [0.1, 0.15) is 11.8 Å². The molecular weight excluding hydrogens is 414 g/mol. The molecular formula is C24H26ClN3O3. The van der Waals surface area contributed by atoms with Crippen molar-refractivity contribution in [3.63, 3.8) is 0 Å². The molecule has 1 N–H and O–H groups in total. The number of rotatable bonds is 7. The van der Waals surface area contributed by atoms with E-state index < -0.39 is 17.4 Å². The summed E-state index contributed by atoms with van der Waals surface area (Å²) in [7, 11) is 0. The highest BCUT2D eigenvalue weighted by Gasteiger charge is 2.40. The molecule has 31 heavy (non-hydrogen) atoms. The largest absolute Gasteiger partial charge is 0.492 e. The molecule has 1 unspecified atom stereocenters. The first-order valence-electron chi connectivity index (χ1n) is 10.1. The minimum Gasteiger partial charge on any atom is -0.492 e. The lowest BCUT2D eigenvalue weighted by atomic mass is 9.84. The van der Waals surface area contributed by atoms with Crippen molar-refractivity contribution >= 4 is 34.8 Å². The van der Waals surface area contributed by atoms with E-state index in [0.29, 0.717) is 34.7 Å². The molecule has 3 rings (SSSR count). The number of nitrogens with one attached hydrogen (secondary N) is 1. The number of amides is 2. The van der Waals surface area contributed by atoms with Gasteiger partial charge in [-0.3, -0.25) is 19.5 Å². The van der Waals surface area contributed by atoms with Crippen molar-refractivity contribution in [1.82, 2.24) is 4.98 Å². The fourth-order valence-electron chi connectivity index (χ4n) is 3.25. The number of aromatic nitrogens is 1. The fraction of sp³-hybridized carbons (Fsp3) is 0.375. The molecule has 162 valence electrons. The Bertz CT molecular complexity index is 991. The van der Waals surface area contributed by atoms with Crippen LogP contribution >= 0.6 is 11.6 Å². The van der Waals surface area contributed by atoms with E-state index in [1.165, 1.54) is 23.9 Å². The summed E-state index contributed by atoms with van der Waals surface area (Å²) in [5.74, 6) is 2.24. The van der Waals surface area contributed by atoms with Crippen LogP contribution in [-0.2, 0) is 9.59 Å². The first-order chi connectivity index (χ1) is 14.7. The average molecular weight is 440 g/mol. The van der Waals surface area contributed by atoms with Gasteiger partial charge in [0.25, 0.3) is 0 Å². The Kier molecular flexibility index (Phi) is 6.87. The van der Waals surface area contributed by atoms with Crippen LogP contribution in [0, 0.1) is 23.7 Å². The third kappa shape index (κ3) is 5.77. The van der Waals surface area contributed by atoms with E-state index in [2.05, 4.69) is 16.2 Å². The normalized spacial score (nSPS) is 14.3. The molecule has 0 saturated heterocycles. The number of carbonyl (C=O) groups excluding carboxylic acids is 2. The number of nitrogens with zero attached hydrogens (tertiary/aromatic N) is 2. The number of anilines is 2. The molecule has 0 bridgehead atoms. The van der Waals surface area contributed by atoms with Crippen molar-refractivity contribution in [2.45, 2.75) is 39.7 Å². The van der Waals surface area contributed by atoms with Crippen LogP contribution in [0.15, 0.2) is 42.7 Å². The van der Waals surface area contributed by atoms with Gasteiger partial charge < -0.3 is 10.1 Å². The van der Waals surface area contributed by atoms with Crippen molar-refractivity contribution in [2.75, 3.05) is 16.8 Å². The van der Waals surface area contributed by atoms with Crippen molar-refractivity contribution in [3.8, 4) is 18.1 Å². The summed E-state index contributed by atoms with van der Waals surface area (Å²) in [5, 5.41) is 3.18. The summed E-state index contributed by atoms with van der Waals surface area (Å²) in [6, 6.07) is 7.54. The number of hydrogen-bond acceptors (Lipinski definition) is 4. The number of halogens is 1. The third-order valence-electron chi connectivity index (χ3n) is 4.96. The van der Waals surface area contributed by atoms with Crippen LogP contribution in [0.25, 0.3) is 0 Å². The number of pyridine rings is 1. The van der Waals surface area contributed by atoms with Gasteiger partial charge in [-0.25, -0.2) is 0 Å². The van der Waals surface area contributed by atoms with Gasteiger partial charge in [-0.15, -0.1) is 6.42 Å². The molecule has 7 heteroatoms. The summed E-state index contributed by atoms with van der Waals surface area (Å²) in [6.45, 7) is 6.22. The van der Waals surface area contributed by atoms with Gasteiger partial charge in [0.15, 0.2) is 0 Å². The highest BCUT2D eigenvalue weighted by atomic mass is 35.5. The van der Waals surface area contributed by atoms with Crippen molar-refractivity contribution in [1.29, 1.82) is 0 Å². The summed E-state index contributed by atoms with van der Waals surface area (Å²) in [5.41, 5.74) is 0.316. The monoisotopic (exact) mass is 439 g/mol. The quantitative estimate of drug-likeness (QED) is 0.643. The van der Waals surface area contributed by atoms with Crippen LogP contribution in [0.5, 0.6) is 5.75 Å². The Balaban J connectivity index is 1.93. The lowest BCUT2D eigenvalue weighted by Gasteiger charge is -2.38. The maximum Gasteiger partial charge on any atom is 0.303 e. The van der Waals surface area contributed by atoms with E-state index >= 15 is 0 Å². The molecule has 1 aliphatic carbocycles. The zero-order chi connectivity index (χ0) is 22.6. The lowest BCUT2D eigenvalue weighted by Crippen LogP contribution is -2.54. The number of carbonyl (C=O) groups is 2. The molecule has 0 spiro atoms. The molecule has 0 aliphatic heterocycles. The second-order valence-electron chi connectivity index (χ2n) is 8.69. The van der Waals surface area contributed by atoms with Crippen LogP contribution in [-0.4, -0.2) is 29.4 Å². The minimum atomic E-state index is -0.898. The molecule has 1 heterocycles. The van der Waals surface area contributed by atoms with E-state index in [-0.39, 0.29) is 5.91 Å². The number of ether oxygens (including phenoxy) is 1. The van der Waals surface area contributed by atoms with E-state index in [1.54, 1.807) is 36.5 Å². The van der Waals surface area contributed by atoms with Crippen molar-refractivity contribution in [3.05, 3.63) is 47.7 Å². The van der Waals surface area contributed by atoms with E-state index in [1.807, 2.05) is 20.8 Å². The Morgan fingerprint density at radius 3 is 2.65 bits per heavy atom. The predicted octanol–water partition coefficient (Wildman–Crippen LogP) is 4.54. The van der Waals surface area contributed by atoms with Crippen molar-refractivity contribution in [2.24, 2.45) is 11.3 Å². The molecule has 1 aliphatic rings. The fourth-order valence-corrected chi connectivity index (χ4v) is 3.48. The maximum atomic E-state index is 13.3. The topological polar surface area (TPSA) is 71.5 Å². The van der Waals surface area contributed by atoms with Crippen LogP contribution < -0.4 is 15.0 Å². The summed E-state index contributed by atoms with van der Waals surface area (Å²) in [6.07, 6.45) is 10.9. The van der Waals surface area contributed by atoms with Crippen LogP contribution in [0.2, 0.25) is 5.02 Å². The number of hydrogen-bond donors (Lipinski definition) is 1. The molecule has 6 nitrogen and oxygen atoms in total. The standard InChI is InChI=1S/C24H26ClN3O3/c1-5-21(29)28(18-10-11-20(19(25)13-18)31-15-16-8-9-16)22(24(2,3)4)23(30)27-17-7-6-12-26-14-17/h1,6-7,10-14,16,22H,8-9,15H2,2-4H3,(H,27,30). The molecule has 0 radical (unpaired) electrons. The predicted molar refractivity (Wildman–Crippen MR) is 122 cm³/mol. The molecule has 1 aromatic heterocycles. The van der Waals surface area contributed by atoms with Crippen LogP contribution in [0.1, 0.15) is 33.6 Å². The van der Waals surface area contributed by atoms with Gasteiger partial charge in [0.05, 0.1) is 23.5 Å². The molecule has 1 saturated carbocycles. The second kappa shape index (κ2) is 9.40. The Morgan fingerprint density at radius 2 is 2.10 bits per heavy atom. The van der Waals surface area contributed by atoms with Gasteiger partial charge in [0, 0.05) is 11.9 Å². The molecule has 1 fully saturated rings. The minimum absolute atomic E-state index is 0.355. The second-order valence-corrected chi connectivity index (χ2v) is 9.10. The SMILES string of the molecule is C#CC(=O)N(c1ccc(OCC2CC2)c(Cl)c1)C(C(=O)Nc1cccnc1)C(C)(C)C. The van der Waals surface area contributed by atoms with Gasteiger partial charge in [-0.1, -0.05) is 32.4 Å². The number of terminal acetylenes is 1. The molecule has 2 aromatic rings. The van der Waals surface area contributed by atoms with Gasteiger partial charge in [-0.2, -0.15) is 0 Å². The maximum absolute atomic E-state index is 13.3. The zero-order valence-corrected chi connectivity index (χ0v) is 18.6. The van der Waals surface area contributed by atoms with Crippen LogP contribution in [0.4, 0.5) is 11.4 Å². The summed E-state index contributed by atoms with van der Waals surface area (Å²) >= 11 is 6.43. The lowest BCUT2D eigenvalue weighted by molar-refractivity contribution is -0.123. The summed E-state index contributed by atoms with van der Waals surface area (Å²) in [4.78, 5) is 31.4. The van der Waals surface area contributed by atoms with Crippen LogP contribution in [0.3, 0.4) is 0 Å². The van der Waals surface area contributed by atoms with E-state index in [4.69, 9.17) is 22.8 Å². The first-order valence-corrected chi connectivity index (χ1v) is 10.5. The molecule has 1 atom stereocenters. The Labute approximate surface area is 187 Å². The molecule has 2 amide bonds. The average Bonchev–Trinajstić information content (AvgIpc) is 3.54. The van der Waals surface area contributed by atoms with E-state index in [9.17, 15) is 9.59 Å². The van der Waals surface area contributed by atoms with E-state index in [0.717, 1.165) is 0 Å². The smallest absolute Gasteiger partial charge is 0.303 e. The molecule has 1 aromatic carbocycles. The van der Waals surface area contributed by atoms with Gasteiger partial charge in [0.2, 0.25) is 5.91 Å². The zero-order valence-electron chi connectivity index (χ0n) is 17.9.